The van der Waals surface area contributed by atoms with E-state index in [4.69, 9.17) is 18.6 Å². The minimum Gasteiger partial charge on any atom is -0.491 e. The minimum absolute atomic E-state index is 0.0489. The second kappa shape index (κ2) is 9.33. The highest BCUT2D eigenvalue weighted by molar-refractivity contribution is 7.90. The number of furan rings is 1. The third-order valence-electron chi connectivity index (χ3n) is 4.60. The Morgan fingerprint density at radius 2 is 1.84 bits per heavy atom. The lowest BCUT2D eigenvalue weighted by atomic mass is 10.3. The molecule has 0 saturated heterocycles. The van der Waals surface area contributed by atoms with Gasteiger partial charge in [-0.15, -0.1) is 0 Å². The number of sulfone groups is 1. The summed E-state index contributed by atoms with van der Waals surface area (Å²) < 4.78 is 46.2. The Morgan fingerprint density at radius 3 is 2.66 bits per heavy atom. The molecule has 0 saturated carbocycles. The van der Waals surface area contributed by atoms with Crippen molar-refractivity contribution in [1.82, 2.24) is 5.32 Å². The van der Waals surface area contributed by atoms with Gasteiger partial charge in [-0.25, -0.2) is 8.42 Å². The number of carbonyl (C=O) groups is 1. The van der Waals surface area contributed by atoms with Gasteiger partial charge in [0.05, 0.1) is 4.90 Å². The second-order valence-corrected chi connectivity index (χ2v) is 9.02. The van der Waals surface area contributed by atoms with Crippen LogP contribution in [0, 0.1) is 0 Å². The fourth-order valence-electron chi connectivity index (χ4n) is 2.99. The fourth-order valence-corrected chi connectivity index (χ4v) is 4.26. The average molecular weight is 459 g/mol. The van der Waals surface area contributed by atoms with Crippen LogP contribution in [0.3, 0.4) is 0 Å². The standard InChI is InChI=1S/C22H21NO8S/c24-15(12-28-16-6-8-19-21(10-16)30-14-29-19)11-23-22(25)20-9-7-17(31-20)13-32(26,27)18-4-2-1-3-5-18/h1-10,15,24H,11-14H2,(H,23,25). The molecule has 0 aliphatic carbocycles. The predicted octanol–water partition coefficient (Wildman–Crippen LogP) is 2.15. The summed E-state index contributed by atoms with van der Waals surface area (Å²) in [4.78, 5) is 12.4. The normalized spacial score (nSPS) is 13.5. The molecule has 168 valence electrons. The van der Waals surface area contributed by atoms with E-state index in [1.807, 2.05) is 0 Å². The van der Waals surface area contributed by atoms with Crippen LogP contribution in [-0.2, 0) is 15.6 Å². The quantitative estimate of drug-likeness (QED) is 0.499. The number of benzene rings is 2. The lowest BCUT2D eigenvalue weighted by Crippen LogP contribution is -2.35. The predicted molar refractivity (Wildman–Crippen MR) is 112 cm³/mol. The maximum absolute atomic E-state index is 12.4. The second-order valence-electron chi connectivity index (χ2n) is 7.03. The monoisotopic (exact) mass is 459 g/mol. The summed E-state index contributed by atoms with van der Waals surface area (Å²) in [5, 5.41) is 12.6. The third-order valence-corrected chi connectivity index (χ3v) is 6.26. The first-order valence-corrected chi connectivity index (χ1v) is 11.4. The highest BCUT2D eigenvalue weighted by Gasteiger charge is 2.20. The zero-order chi connectivity index (χ0) is 22.6. The molecule has 0 bridgehead atoms. The molecule has 9 nitrogen and oxygen atoms in total. The van der Waals surface area contributed by atoms with E-state index in [1.165, 1.54) is 24.3 Å². The van der Waals surface area contributed by atoms with Crippen LogP contribution in [0.1, 0.15) is 16.3 Å². The van der Waals surface area contributed by atoms with Crippen LogP contribution in [0.4, 0.5) is 0 Å². The first-order valence-electron chi connectivity index (χ1n) is 9.76. The van der Waals surface area contributed by atoms with Crippen LogP contribution in [0.2, 0.25) is 0 Å². The van der Waals surface area contributed by atoms with Crippen LogP contribution < -0.4 is 19.5 Å². The van der Waals surface area contributed by atoms with Crippen molar-refractivity contribution in [2.24, 2.45) is 0 Å². The van der Waals surface area contributed by atoms with Crippen LogP contribution in [0.25, 0.3) is 0 Å². The molecule has 2 aromatic carbocycles. The smallest absolute Gasteiger partial charge is 0.287 e. The van der Waals surface area contributed by atoms with E-state index in [0.29, 0.717) is 17.2 Å². The Hall–Kier alpha value is -3.50. The number of fused-ring (bicyclic) bond motifs is 1. The van der Waals surface area contributed by atoms with Crippen LogP contribution in [0.15, 0.2) is 70.0 Å². The summed E-state index contributed by atoms with van der Waals surface area (Å²) in [5.41, 5.74) is 0. The number of hydrogen-bond donors (Lipinski definition) is 2. The number of amides is 1. The minimum atomic E-state index is -3.59. The lowest BCUT2D eigenvalue weighted by Gasteiger charge is -2.13. The third kappa shape index (κ3) is 5.21. The van der Waals surface area contributed by atoms with E-state index >= 15 is 0 Å². The number of carbonyl (C=O) groups excluding carboxylic acids is 1. The van der Waals surface area contributed by atoms with Gasteiger partial charge in [-0.1, -0.05) is 18.2 Å². The maximum Gasteiger partial charge on any atom is 0.287 e. The number of aliphatic hydroxyl groups excluding tert-OH is 1. The SMILES string of the molecule is O=C(NCC(O)COc1ccc2c(c1)OCO2)c1ccc(CS(=O)(=O)c2ccccc2)o1. The number of hydrogen-bond acceptors (Lipinski definition) is 8. The van der Waals surface area contributed by atoms with Gasteiger partial charge in [0.15, 0.2) is 27.1 Å². The Labute approximate surface area is 184 Å². The summed E-state index contributed by atoms with van der Waals surface area (Å²) in [6.07, 6.45) is -0.975. The molecule has 10 heteroatoms. The lowest BCUT2D eigenvalue weighted by molar-refractivity contribution is 0.0820. The Kier molecular flexibility index (Phi) is 6.33. The van der Waals surface area contributed by atoms with Crippen molar-refractivity contribution in [2.45, 2.75) is 16.8 Å². The first kappa shape index (κ1) is 21.7. The highest BCUT2D eigenvalue weighted by Crippen LogP contribution is 2.35. The summed E-state index contributed by atoms with van der Waals surface area (Å²) in [6, 6.07) is 15.9. The average Bonchev–Trinajstić information content (AvgIpc) is 3.45. The Bertz CT molecular complexity index is 1190. The van der Waals surface area contributed by atoms with Gasteiger partial charge in [0.2, 0.25) is 6.79 Å². The fraction of sp³-hybridized carbons (Fsp3) is 0.227. The molecular weight excluding hydrogens is 438 g/mol. The molecule has 2 N–H and O–H groups in total. The molecule has 1 aliphatic heterocycles. The molecular formula is C22H21NO8S. The zero-order valence-electron chi connectivity index (χ0n) is 16.9. The van der Waals surface area contributed by atoms with E-state index < -0.39 is 21.8 Å². The molecule has 3 aromatic rings. The highest BCUT2D eigenvalue weighted by atomic mass is 32.2. The molecule has 32 heavy (non-hydrogen) atoms. The van der Waals surface area contributed by atoms with Gasteiger partial charge < -0.3 is 29.1 Å². The van der Waals surface area contributed by atoms with Gasteiger partial charge in [0.1, 0.15) is 30.0 Å². The largest absolute Gasteiger partial charge is 0.491 e. The van der Waals surface area contributed by atoms with Crippen molar-refractivity contribution in [2.75, 3.05) is 19.9 Å². The molecule has 2 heterocycles. The van der Waals surface area contributed by atoms with Gasteiger partial charge in [0, 0.05) is 12.6 Å². The van der Waals surface area contributed by atoms with Gasteiger partial charge in [-0.2, -0.15) is 0 Å². The van der Waals surface area contributed by atoms with E-state index in [9.17, 15) is 18.3 Å². The maximum atomic E-state index is 12.4. The van der Waals surface area contributed by atoms with Crippen molar-refractivity contribution in [3.8, 4) is 17.2 Å². The molecule has 1 aromatic heterocycles. The number of ether oxygens (including phenoxy) is 3. The van der Waals surface area contributed by atoms with E-state index in [0.717, 1.165) is 0 Å². The molecule has 1 unspecified atom stereocenters. The summed E-state index contributed by atoms with van der Waals surface area (Å²) >= 11 is 0. The van der Waals surface area contributed by atoms with Crippen molar-refractivity contribution >= 4 is 15.7 Å². The van der Waals surface area contributed by atoms with E-state index in [1.54, 1.807) is 36.4 Å². The van der Waals surface area contributed by atoms with Crippen LogP contribution in [0.5, 0.6) is 17.2 Å². The van der Waals surface area contributed by atoms with Gasteiger partial charge >= 0.3 is 0 Å². The van der Waals surface area contributed by atoms with Crippen molar-refractivity contribution in [1.29, 1.82) is 0 Å². The molecule has 0 fully saturated rings. The number of rotatable bonds is 9. The van der Waals surface area contributed by atoms with E-state index in [2.05, 4.69) is 5.32 Å². The van der Waals surface area contributed by atoms with Crippen molar-refractivity contribution in [3.05, 3.63) is 72.2 Å². The van der Waals surface area contributed by atoms with Gasteiger partial charge in [-0.05, 0) is 36.4 Å². The van der Waals surface area contributed by atoms with Gasteiger partial charge in [-0.3, -0.25) is 4.79 Å². The van der Waals surface area contributed by atoms with Crippen LogP contribution >= 0.6 is 0 Å². The molecule has 1 atom stereocenters. The summed E-state index contributed by atoms with van der Waals surface area (Å²) in [5.74, 6) is 0.840. The summed E-state index contributed by atoms with van der Waals surface area (Å²) in [7, 11) is -3.59. The molecule has 4 rings (SSSR count). The summed E-state index contributed by atoms with van der Waals surface area (Å²) in [6.45, 7) is 0.0144. The molecule has 1 aliphatic rings. The van der Waals surface area contributed by atoms with E-state index in [-0.39, 0.29) is 42.1 Å². The van der Waals surface area contributed by atoms with Crippen molar-refractivity contribution < 1.29 is 36.9 Å². The molecule has 1 amide bonds. The number of nitrogens with one attached hydrogen (secondary N) is 1. The number of aliphatic hydroxyl groups is 1. The Morgan fingerprint density at radius 1 is 1.06 bits per heavy atom. The first-order chi connectivity index (χ1) is 15.4. The topological polar surface area (TPSA) is 124 Å². The Balaban J connectivity index is 1.26. The zero-order valence-corrected chi connectivity index (χ0v) is 17.7. The molecule has 0 spiro atoms. The molecule has 0 radical (unpaired) electrons. The van der Waals surface area contributed by atoms with Crippen LogP contribution in [-0.4, -0.2) is 45.5 Å². The van der Waals surface area contributed by atoms with Gasteiger partial charge in [0.25, 0.3) is 5.91 Å². The van der Waals surface area contributed by atoms with Crippen molar-refractivity contribution in [3.63, 3.8) is 0 Å².